The minimum absolute atomic E-state index is 0.519. The lowest BCUT2D eigenvalue weighted by atomic mass is 10.1. The molecule has 0 fully saturated rings. The topological polar surface area (TPSA) is 0 Å². The van der Waals surface area contributed by atoms with E-state index in [-0.39, 0.29) is 0 Å². The highest BCUT2D eigenvalue weighted by molar-refractivity contribution is 5.49. The molecule has 0 N–H and O–H groups in total. The Labute approximate surface area is 80.6 Å². The van der Waals surface area contributed by atoms with Crippen molar-refractivity contribution in [1.82, 2.24) is 0 Å². The van der Waals surface area contributed by atoms with Crippen molar-refractivity contribution in [3.63, 3.8) is 0 Å². The van der Waals surface area contributed by atoms with Crippen LogP contribution in [0.3, 0.4) is 0 Å². The zero-order valence-corrected chi connectivity index (χ0v) is 8.27. The van der Waals surface area contributed by atoms with Crippen molar-refractivity contribution in [2.75, 3.05) is 0 Å². The molecule has 0 saturated heterocycles. The molecule has 0 saturated carbocycles. The molecule has 0 aromatic heterocycles. The van der Waals surface area contributed by atoms with Crippen LogP contribution in [0, 0.1) is 5.92 Å². The molecule has 1 unspecified atom stereocenters. The first-order valence-electron chi connectivity index (χ1n) is 4.69. The normalized spacial score (nSPS) is 14.0. The van der Waals surface area contributed by atoms with E-state index >= 15 is 0 Å². The molecule has 68 valence electrons. The first-order chi connectivity index (χ1) is 6.33. The van der Waals surface area contributed by atoms with Crippen LogP contribution in [0.1, 0.15) is 19.4 Å². The molecule has 13 heavy (non-hydrogen) atoms. The summed E-state index contributed by atoms with van der Waals surface area (Å²) in [4.78, 5) is 0. The number of hydrogen-bond donors (Lipinski definition) is 0. The molecule has 0 aliphatic carbocycles. The zero-order valence-electron chi connectivity index (χ0n) is 8.27. The van der Waals surface area contributed by atoms with Gasteiger partial charge >= 0.3 is 0 Å². The Morgan fingerprint density at radius 2 is 1.77 bits per heavy atom. The van der Waals surface area contributed by atoms with Crippen LogP contribution in [0.15, 0.2) is 48.6 Å². The van der Waals surface area contributed by atoms with Gasteiger partial charge in [-0.05, 0) is 18.4 Å². The summed E-state index contributed by atoms with van der Waals surface area (Å²) in [7, 11) is 0. The van der Waals surface area contributed by atoms with Gasteiger partial charge in [-0.25, -0.2) is 0 Å². The lowest BCUT2D eigenvalue weighted by Crippen LogP contribution is -1.80. The van der Waals surface area contributed by atoms with Gasteiger partial charge in [-0.2, -0.15) is 0 Å². The summed E-state index contributed by atoms with van der Waals surface area (Å²) in [6, 6.07) is 10.4. The smallest absolute Gasteiger partial charge is 0.00787 e. The van der Waals surface area contributed by atoms with E-state index in [9.17, 15) is 0 Å². The maximum atomic E-state index is 2.20. The minimum Gasteiger partial charge on any atom is -0.0911 e. The van der Waals surface area contributed by atoms with E-state index in [0.29, 0.717) is 5.92 Å². The van der Waals surface area contributed by atoms with Gasteiger partial charge in [-0.15, -0.1) is 0 Å². The number of rotatable bonds is 3. The van der Waals surface area contributed by atoms with Gasteiger partial charge < -0.3 is 0 Å². The molecule has 0 bridgehead atoms. The Hall–Kier alpha value is -1.30. The molecule has 0 spiro atoms. The summed E-state index contributed by atoms with van der Waals surface area (Å²) in [5, 5.41) is 0. The molecule has 1 rings (SSSR count). The Morgan fingerprint density at radius 1 is 1.08 bits per heavy atom. The average Bonchev–Trinajstić information content (AvgIpc) is 2.17. The predicted molar refractivity (Wildman–Crippen MR) is 59.5 cm³/mol. The summed E-state index contributed by atoms with van der Waals surface area (Å²) in [6.07, 6.45) is 8.62. The molecule has 1 atom stereocenters. The molecular formula is C13H16. The van der Waals surface area contributed by atoms with Crippen molar-refractivity contribution in [3.8, 4) is 0 Å². The summed E-state index contributed by atoms with van der Waals surface area (Å²) in [5.41, 5.74) is 1.26. The second-order valence-corrected chi connectivity index (χ2v) is 3.15. The van der Waals surface area contributed by atoms with Crippen molar-refractivity contribution >= 4 is 6.08 Å². The van der Waals surface area contributed by atoms with E-state index in [2.05, 4.69) is 55.5 Å². The maximum Gasteiger partial charge on any atom is -0.00787 e. The Kier molecular flexibility index (Phi) is 4.04. The van der Waals surface area contributed by atoms with Crippen molar-refractivity contribution in [2.45, 2.75) is 13.8 Å². The van der Waals surface area contributed by atoms with Crippen molar-refractivity contribution in [3.05, 3.63) is 54.1 Å². The van der Waals surface area contributed by atoms with E-state index < -0.39 is 0 Å². The monoisotopic (exact) mass is 172 g/mol. The van der Waals surface area contributed by atoms with Crippen LogP contribution in [-0.4, -0.2) is 0 Å². The molecule has 0 aliphatic heterocycles. The van der Waals surface area contributed by atoms with Crippen LogP contribution in [0.2, 0.25) is 0 Å². The third kappa shape index (κ3) is 3.75. The van der Waals surface area contributed by atoms with Crippen LogP contribution in [0.5, 0.6) is 0 Å². The fourth-order valence-corrected chi connectivity index (χ4v) is 1.19. The molecule has 1 aromatic rings. The SMILES string of the molecule is CC=CC(C)C=Cc1ccccc1. The molecule has 0 nitrogen and oxygen atoms in total. The minimum atomic E-state index is 0.519. The van der Waals surface area contributed by atoms with E-state index in [1.165, 1.54) is 5.56 Å². The van der Waals surface area contributed by atoms with Crippen LogP contribution < -0.4 is 0 Å². The highest BCUT2D eigenvalue weighted by Gasteiger charge is 1.88. The quantitative estimate of drug-likeness (QED) is 0.606. The van der Waals surface area contributed by atoms with E-state index in [4.69, 9.17) is 0 Å². The maximum absolute atomic E-state index is 2.20. The standard InChI is InChI=1S/C13H16/c1-3-7-12(2)10-11-13-8-5-4-6-9-13/h3-12H,1-2H3. The second-order valence-electron chi connectivity index (χ2n) is 3.15. The molecule has 0 heteroatoms. The first kappa shape index (κ1) is 9.79. The van der Waals surface area contributed by atoms with Gasteiger partial charge in [0.15, 0.2) is 0 Å². The highest BCUT2D eigenvalue weighted by atomic mass is 13.9. The van der Waals surface area contributed by atoms with Crippen LogP contribution in [0.4, 0.5) is 0 Å². The predicted octanol–water partition coefficient (Wildman–Crippen LogP) is 3.91. The highest BCUT2D eigenvalue weighted by Crippen LogP contribution is 2.05. The van der Waals surface area contributed by atoms with Gasteiger partial charge in [-0.1, -0.05) is 61.6 Å². The third-order valence-corrected chi connectivity index (χ3v) is 1.89. The van der Waals surface area contributed by atoms with Gasteiger partial charge in [-0.3, -0.25) is 0 Å². The van der Waals surface area contributed by atoms with E-state index in [1.807, 2.05) is 13.0 Å². The largest absolute Gasteiger partial charge is 0.0911 e. The molecule has 0 heterocycles. The fraction of sp³-hybridized carbons (Fsp3) is 0.231. The van der Waals surface area contributed by atoms with Crippen molar-refractivity contribution < 1.29 is 0 Å². The molecule has 1 aromatic carbocycles. The zero-order chi connectivity index (χ0) is 9.52. The third-order valence-electron chi connectivity index (χ3n) is 1.89. The lowest BCUT2D eigenvalue weighted by Gasteiger charge is -1.96. The van der Waals surface area contributed by atoms with E-state index in [1.54, 1.807) is 0 Å². The summed E-state index contributed by atoms with van der Waals surface area (Å²) < 4.78 is 0. The molecule has 0 radical (unpaired) electrons. The van der Waals surface area contributed by atoms with E-state index in [0.717, 1.165) is 0 Å². The second kappa shape index (κ2) is 5.36. The first-order valence-corrected chi connectivity index (χ1v) is 4.69. The molecular weight excluding hydrogens is 156 g/mol. The van der Waals surface area contributed by atoms with Crippen LogP contribution in [0.25, 0.3) is 6.08 Å². The summed E-state index contributed by atoms with van der Waals surface area (Å²) in [6.45, 7) is 4.23. The van der Waals surface area contributed by atoms with Crippen molar-refractivity contribution in [2.24, 2.45) is 5.92 Å². The van der Waals surface area contributed by atoms with Gasteiger partial charge in [0.1, 0.15) is 0 Å². The average molecular weight is 172 g/mol. The summed E-state index contributed by atoms with van der Waals surface area (Å²) in [5.74, 6) is 0.519. The molecule has 0 amide bonds. The Bertz CT molecular complexity index is 280. The lowest BCUT2D eigenvalue weighted by molar-refractivity contribution is 0.943. The Balaban J connectivity index is 2.59. The van der Waals surface area contributed by atoms with Gasteiger partial charge in [0.2, 0.25) is 0 Å². The molecule has 0 aliphatic rings. The van der Waals surface area contributed by atoms with Crippen molar-refractivity contribution in [1.29, 1.82) is 0 Å². The summed E-state index contributed by atoms with van der Waals surface area (Å²) >= 11 is 0. The van der Waals surface area contributed by atoms with Gasteiger partial charge in [0, 0.05) is 0 Å². The van der Waals surface area contributed by atoms with Crippen LogP contribution in [-0.2, 0) is 0 Å². The van der Waals surface area contributed by atoms with Gasteiger partial charge in [0.05, 0.1) is 0 Å². The fourth-order valence-electron chi connectivity index (χ4n) is 1.19. The Morgan fingerprint density at radius 3 is 2.38 bits per heavy atom. The number of hydrogen-bond acceptors (Lipinski definition) is 0. The number of benzene rings is 1. The van der Waals surface area contributed by atoms with Crippen LogP contribution >= 0.6 is 0 Å². The number of allylic oxidation sites excluding steroid dienone is 3. The van der Waals surface area contributed by atoms with Gasteiger partial charge in [0.25, 0.3) is 0 Å².